The second-order valence-electron chi connectivity index (χ2n) is 8.03. The van der Waals surface area contributed by atoms with Crippen LogP contribution in [-0.2, 0) is 4.79 Å². The molecular weight excluding hydrogens is 360 g/mol. The van der Waals surface area contributed by atoms with Crippen molar-refractivity contribution in [2.75, 3.05) is 10.6 Å². The van der Waals surface area contributed by atoms with Gasteiger partial charge >= 0.3 is 0 Å². The molecule has 146 valence electrons. The summed E-state index contributed by atoms with van der Waals surface area (Å²) in [6.07, 6.45) is 1.31. The van der Waals surface area contributed by atoms with Crippen molar-refractivity contribution in [1.82, 2.24) is 0 Å². The summed E-state index contributed by atoms with van der Waals surface area (Å²) in [5.41, 5.74) is 6.14. The van der Waals surface area contributed by atoms with Gasteiger partial charge in [-0.3, -0.25) is 4.79 Å². The zero-order valence-electron chi connectivity index (χ0n) is 16.7. The first-order chi connectivity index (χ1) is 14.1. The number of Topliss-reactive ketones (excluding diaryl/α,β-unsaturated/α-hetero) is 1. The van der Waals surface area contributed by atoms with E-state index in [0.717, 1.165) is 40.6 Å². The Morgan fingerprint density at radius 2 is 1.76 bits per heavy atom. The van der Waals surface area contributed by atoms with Crippen LogP contribution in [0.25, 0.3) is 0 Å². The van der Waals surface area contributed by atoms with Crippen molar-refractivity contribution in [2.45, 2.75) is 38.6 Å². The maximum Gasteiger partial charge on any atom is 0.163 e. The third-order valence-electron chi connectivity index (χ3n) is 5.87. The van der Waals surface area contributed by atoms with Crippen LogP contribution in [-0.4, -0.2) is 5.78 Å². The molecule has 2 atom stereocenters. The molecule has 2 heterocycles. The van der Waals surface area contributed by atoms with Gasteiger partial charge in [0.1, 0.15) is 17.6 Å². The zero-order chi connectivity index (χ0) is 20.0. The number of carbonyl (C=O) groups is 1. The van der Waals surface area contributed by atoms with Crippen molar-refractivity contribution in [3.63, 3.8) is 0 Å². The fraction of sp³-hybridized carbons (Fsp3) is 0.240. The molecule has 1 aliphatic carbocycles. The minimum atomic E-state index is -0.293. The van der Waals surface area contributed by atoms with Crippen molar-refractivity contribution in [3.8, 4) is 0 Å². The predicted octanol–water partition coefficient (Wildman–Crippen LogP) is 5.88. The standard InChI is InChI=1S/C25H24N2O2/c1-15-8-10-19-20(12-15)27-25(23-11-9-16(2)29-23)24-21(26-19)13-18(14-22(24)28)17-6-4-3-5-7-17/h3-12,18,25-27H,13-14H2,1-2H3. The van der Waals surface area contributed by atoms with E-state index >= 15 is 0 Å². The lowest BCUT2D eigenvalue weighted by Gasteiger charge is -2.29. The van der Waals surface area contributed by atoms with Crippen LogP contribution < -0.4 is 10.6 Å². The summed E-state index contributed by atoms with van der Waals surface area (Å²) >= 11 is 0. The molecule has 0 radical (unpaired) electrons. The van der Waals surface area contributed by atoms with E-state index in [-0.39, 0.29) is 17.7 Å². The number of fused-ring (bicyclic) bond motifs is 1. The third kappa shape index (κ3) is 3.25. The van der Waals surface area contributed by atoms with Crippen molar-refractivity contribution >= 4 is 17.2 Å². The first-order valence-corrected chi connectivity index (χ1v) is 10.1. The molecule has 4 nitrogen and oxygen atoms in total. The van der Waals surface area contributed by atoms with Crippen molar-refractivity contribution < 1.29 is 9.21 Å². The number of allylic oxidation sites excluding steroid dienone is 1. The summed E-state index contributed by atoms with van der Waals surface area (Å²) in [7, 11) is 0. The van der Waals surface area contributed by atoms with E-state index in [1.165, 1.54) is 11.1 Å². The summed E-state index contributed by atoms with van der Waals surface area (Å²) in [5.74, 6) is 1.97. The van der Waals surface area contributed by atoms with Gasteiger partial charge in [-0.1, -0.05) is 36.4 Å². The molecule has 0 fully saturated rings. The van der Waals surface area contributed by atoms with E-state index in [2.05, 4.69) is 47.9 Å². The lowest BCUT2D eigenvalue weighted by Crippen LogP contribution is -2.26. The van der Waals surface area contributed by atoms with E-state index < -0.39 is 0 Å². The van der Waals surface area contributed by atoms with Crippen LogP contribution in [0.4, 0.5) is 11.4 Å². The summed E-state index contributed by atoms with van der Waals surface area (Å²) in [6.45, 7) is 4.00. The Morgan fingerprint density at radius 3 is 2.52 bits per heavy atom. The molecular formula is C25H24N2O2. The van der Waals surface area contributed by atoms with Gasteiger partial charge in [0.25, 0.3) is 0 Å². The number of benzene rings is 2. The third-order valence-corrected chi connectivity index (χ3v) is 5.87. The van der Waals surface area contributed by atoms with Crippen molar-refractivity contribution in [1.29, 1.82) is 0 Å². The quantitative estimate of drug-likeness (QED) is 0.580. The second kappa shape index (κ2) is 6.96. The Morgan fingerprint density at radius 1 is 0.931 bits per heavy atom. The molecule has 0 amide bonds. The van der Waals surface area contributed by atoms with Crippen LogP contribution in [0.2, 0.25) is 0 Å². The molecule has 2 aromatic carbocycles. The van der Waals surface area contributed by atoms with Gasteiger partial charge in [0, 0.05) is 17.7 Å². The topological polar surface area (TPSA) is 54.3 Å². The fourth-order valence-corrected chi connectivity index (χ4v) is 4.44. The number of rotatable bonds is 2. The van der Waals surface area contributed by atoms with Crippen LogP contribution in [0.1, 0.15) is 47.4 Å². The zero-order valence-corrected chi connectivity index (χ0v) is 16.7. The normalized spacial score (nSPS) is 21.0. The van der Waals surface area contributed by atoms with Gasteiger partial charge in [0.05, 0.1) is 11.4 Å². The van der Waals surface area contributed by atoms with Crippen LogP contribution in [0.5, 0.6) is 0 Å². The van der Waals surface area contributed by atoms with E-state index in [9.17, 15) is 4.79 Å². The summed E-state index contributed by atoms with van der Waals surface area (Å²) in [6, 6.07) is 20.2. The van der Waals surface area contributed by atoms with Gasteiger partial charge in [-0.2, -0.15) is 0 Å². The molecule has 0 saturated heterocycles. The Bertz CT molecular complexity index is 1110. The minimum absolute atomic E-state index is 0.170. The maximum absolute atomic E-state index is 13.4. The average Bonchev–Trinajstić information content (AvgIpc) is 3.07. The van der Waals surface area contributed by atoms with Crippen molar-refractivity contribution in [3.05, 3.63) is 94.6 Å². The molecule has 3 aromatic rings. The molecule has 0 spiro atoms. The molecule has 2 aliphatic rings. The monoisotopic (exact) mass is 384 g/mol. The SMILES string of the molecule is Cc1ccc2c(c1)NC(c1ccc(C)o1)C1=C(CC(c3ccccc3)CC1=O)N2. The van der Waals surface area contributed by atoms with E-state index in [1.54, 1.807) is 0 Å². The van der Waals surface area contributed by atoms with Gasteiger partial charge in [0.15, 0.2) is 5.78 Å². The van der Waals surface area contributed by atoms with Crippen molar-refractivity contribution in [2.24, 2.45) is 0 Å². The first-order valence-electron chi connectivity index (χ1n) is 10.1. The molecule has 2 N–H and O–H groups in total. The number of hydrogen-bond acceptors (Lipinski definition) is 4. The number of carbonyl (C=O) groups excluding carboxylic acids is 1. The van der Waals surface area contributed by atoms with Crippen LogP contribution in [0, 0.1) is 13.8 Å². The minimum Gasteiger partial charge on any atom is -0.464 e. The summed E-state index contributed by atoms with van der Waals surface area (Å²) < 4.78 is 5.96. The molecule has 1 aromatic heterocycles. The maximum atomic E-state index is 13.4. The highest BCUT2D eigenvalue weighted by molar-refractivity contribution is 6.01. The largest absolute Gasteiger partial charge is 0.464 e. The molecule has 0 saturated carbocycles. The molecule has 1 aliphatic heterocycles. The van der Waals surface area contributed by atoms with Crippen LogP contribution >= 0.6 is 0 Å². The van der Waals surface area contributed by atoms with Gasteiger partial charge in [0.2, 0.25) is 0 Å². The Labute approximate surface area is 170 Å². The molecule has 0 bridgehead atoms. The first kappa shape index (κ1) is 17.8. The van der Waals surface area contributed by atoms with Gasteiger partial charge in [-0.15, -0.1) is 0 Å². The number of furan rings is 1. The highest BCUT2D eigenvalue weighted by atomic mass is 16.3. The van der Waals surface area contributed by atoms with Gasteiger partial charge in [-0.05, 0) is 61.6 Å². The molecule has 2 unspecified atom stereocenters. The number of aryl methyl sites for hydroxylation is 2. The molecule has 29 heavy (non-hydrogen) atoms. The highest BCUT2D eigenvalue weighted by Gasteiger charge is 2.37. The molecule has 5 rings (SSSR count). The number of anilines is 2. The summed E-state index contributed by atoms with van der Waals surface area (Å²) in [4.78, 5) is 13.4. The predicted molar refractivity (Wildman–Crippen MR) is 115 cm³/mol. The van der Waals surface area contributed by atoms with Gasteiger partial charge < -0.3 is 15.1 Å². The van der Waals surface area contributed by atoms with E-state index in [0.29, 0.717) is 6.42 Å². The highest BCUT2D eigenvalue weighted by Crippen LogP contribution is 2.44. The fourth-order valence-electron chi connectivity index (χ4n) is 4.44. The lowest BCUT2D eigenvalue weighted by molar-refractivity contribution is -0.116. The summed E-state index contributed by atoms with van der Waals surface area (Å²) in [5, 5.41) is 7.16. The number of nitrogens with one attached hydrogen (secondary N) is 2. The Hall–Kier alpha value is -3.27. The number of ketones is 1. The smallest absolute Gasteiger partial charge is 0.163 e. The van der Waals surface area contributed by atoms with Crippen LogP contribution in [0.15, 0.2) is 76.4 Å². The van der Waals surface area contributed by atoms with E-state index in [4.69, 9.17) is 4.42 Å². The average molecular weight is 384 g/mol. The van der Waals surface area contributed by atoms with Gasteiger partial charge in [-0.25, -0.2) is 0 Å². The number of hydrogen-bond donors (Lipinski definition) is 2. The molecule has 4 heteroatoms. The second-order valence-corrected chi connectivity index (χ2v) is 8.03. The Balaban J connectivity index is 1.62. The van der Waals surface area contributed by atoms with E-state index in [1.807, 2.05) is 37.3 Å². The lowest BCUT2D eigenvalue weighted by atomic mass is 9.79. The van der Waals surface area contributed by atoms with Crippen LogP contribution in [0.3, 0.4) is 0 Å². The Kier molecular flexibility index (Phi) is 4.27.